The SMILES string of the molecule is O=C1NCC(=O)N(Cc2ccc(Cl)c(Cl)c2)C1C1CC1. The average molecular weight is 313 g/mol. The molecule has 0 bridgehead atoms. The quantitative estimate of drug-likeness (QED) is 0.930. The molecule has 106 valence electrons. The van der Waals surface area contributed by atoms with Gasteiger partial charge in [-0.25, -0.2) is 0 Å². The molecule has 0 aromatic heterocycles. The van der Waals surface area contributed by atoms with Crippen LogP contribution in [0, 0.1) is 5.92 Å². The first-order valence-electron chi connectivity index (χ1n) is 6.57. The van der Waals surface area contributed by atoms with Crippen LogP contribution in [0.3, 0.4) is 0 Å². The zero-order chi connectivity index (χ0) is 14.3. The summed E-state index contributed by atoms with van der Waals surface area (Å²) in [6.07, 6.45) is 2.01. The number of carbonyl (C=O) groups is 2. The Morgan fingerprint density at radius 1 is 1.20 bits per heavy atom. The van der Waals surface area contributed by atoms with Crippen molar-refractivity contribution in [2.24, 2.45) is 5.92 Å². The molecule has 0 spiro atoms. The molecule has 2 aliphatic rings. The molecule has 1 heterocycles. The largest absolute Gasteiger partial charge is 0.345 e. The summed E-state index contributed by atoms with van der Waals surface area (Å²) in [6.45, 7) is 0.466. The molecule has 20 heavy (non-hydrogen) atoms. The lowest BCUT2D eigenvalue weighted by Crippen LogP contribution is -2.58. The Bertz CT molecular complexity index is 572. The van der Waals surface area contributed by atoms with Crippen molar-refractivity contribution in [2.45, 2.75) is 25.4 Å². The van der Waals surface area contributed by atoms with Crippen LogP contribution in [0.4, 0.5) is 0 Å². The van der Waals surface area contributed by atoms with Crippen molar-refractivity contribution >= 4 is 35.0 Å². The van der Waals surface area contributed by atoms with Crippen molar-refractivity contribution in [1.82, 2.24) is 10.2 Å². The van der Waals surface area contributed by atoms with E-state index in [9.17, 15) is 9.59 Å². The summed E-state index contributed by atoms with van der Waals surface area (Å²) in [4.78, 5) is 25.7. The highest BCUT2D eigenvalue weighted by atomic mass is 35.5. The van der Waals surface area contributed by atoms with E-state index in [1.54, 1.807) is 17.0 Å². The molecule has 1 unspecified atom stereocenters. The minimum Gasteiger partial charge on any atom is -0.345 e. The molecule has 3 rings (SSSR count). The lowest BCUT2D eigenvalue weighted by Gasteiger charge is -2.35. The second kappa shape index (κ2) is 5.26. The number of hydrogen-bond acceptors (Lipinski definition) is 2. The van der Waals surface area contributed by atoms with Crippen molar-refractivity contribution in [3.8, 4) is 0 Å². The van der Waals surface area contributed by atoms with E-state index in [0.717, 1.165) is 18.4 Å². The Hall–Kier alpha value is -1.26. The number of nitrogens with one attached hydrogen (secondary N) is 1. The first-order chi connectivity index (χ1) is 9.56. The number of amides is 2. The zero-order valence-corrected chi connectivity index (χ0v) is 12.2. The summed E-state index contributed by atoms with van der Waals surface area (Å²) in [5.74, 6) is 0.196. The molecule has 2 fully saturated rings. The highest BCUT2D eigenvalue weighted by Crippen LogP contribution is 2.37. The van der Waals surface area contributed by atoms with Gasteiger partial charge in [-0.15, -0.1) is 0 Å². The monoisotopic (exact) mass is 312 g/mol. The van der Waals surface area contributed by atoms with Gasteiger partial charge in [0.2, 0.25) is 11.8 Å². The molecule has 2 amide bonds. The lowest BCUT2D eigenvalue weighted by molar-refractivity contribution is -0.147. The Morgan fingerprint density at radius 3 is 2.60 bits per heavy atom. The first-order valence-corrected chi connectivity index (χ1v) is 7.33. The molecule has 6 heteroatoms. The van der Waals surface area contributed by atoms with Crippen LogP contribution in [0.5, 0.6) is 0 Å². The molecular weight excluding hydrogens is 299 g/mol. The van der Waals surface area contributed by atoms with Gasteiger partial charge in [-0.3, -0.25) is 9.59 Å². The Kier molecular flexibility index (Phi) is 3.61. The molecule has 1 saturated carbocycles. The van der Waals surface area contributed by atoms with Crippen molar-refractivity contribution in [1.29, 1.82) is 0 Å². The molecule has 4 nitrogen and oxygen atoms in total. The van der Waals surface area contributed by atoms with Crippen LogP contribution in [-0.2, 0) is 16.1 Å². The Morgan fingerprint density at radius 2 is 1.95 bits per heavy atom. The maximum Gasteiger partial charge on any atom is 0.243 e. The van der Waals surface area contributed by atoms with Gasteiger partial charge in [-0.1, -0.05) is 29.3 Å². The number of halogens is 2. The van der Waals surface area contributed by atoms with Crippen molar-refractivity contribution in [3.63, 3.8) is 0 Å². The second-order valence-electron chi connectivity index (χ2n) is 5.27. The van der Waals surface area contributed by atoms with Gasteiger partial charge < -0.3 is 10.2 Å². The maximum atomic E-state index is 12.1. The number of hydrogen-bond donors (Lipinski definition) is 1. The van der Waals surface area contributed by atoms with Crippen LogP contribution in [0.25, 0.3) is 0 Å². The minimum atomic E-state index is -0.342. The van der Waals surface area contributed by atoms with E-state index in [0.29, 0.717) is 22.5 Å². The molecule has 1 aromatic carbocycles. The van der Waals surface area contributed by atoms with Crippen molar-refractivity contribution < 1.29 is 9.59 Å². The molecule has 1 N–H and O–H groups in total. The molecular formula is C14H14Cl2N2O2. The van der Waals surface area contributed by atoms with Crippen LogP contribution in [0.2, 0.25) is 10.0 Å². The Labute approximate surface area is 127 Å². The van der Waals surface area contributed by atoms with Gasteiger partial charge in [-0.05, 0) is 36.5 Å². The third-order valence-corrected chi connectivity index (χ3v) is 4.48. The molecule has 1 aromatic rings. The van der Waals surface area contributed by atoms with E-state index >= 15 is 0 Å². The van der Waals surface area contributed by atoms with Crippen LogP contribution in [0.15, 0.2) is 18.2 Å². The zero-order valence-electron chi connectivity index (χ0n) is 10.7. The maximum absolute atomic E-state index is 12.1. The highest BCUT2D eigenvalue weighted by molar-refractivity contribution is 6.42. The predicted octanol–water partition coefficient (Wildman–Crippen LogP) is 2.23. The van der Waals surface area contributed by atoms with Crippen molar-refractivity contribution in [2.75, 3.05) is 6.54 Å². The fourth-order valence-corrected chi connectivity index (χ4v) is 2.89. The molecule has 1 atom stereocenters. The summed E-state index contributed by atoms with van der Waals surface area (Å²) in [5, 5.41) is 3.60. The number of benzene rings is 1. The number of piperazine rings is 1. The smallest absolute Gasteiger partial charge is 0.243 e. The molecule has 1 saturated heterocycles. The normalized spacial score (nSPS) is 22.9. The van der Waals surface area contributed by atoms with Crippen LogP contribution < -0.4 is 5.32 Å². The Balaban J connectivity index is 1.83. The number of nitrogens with zero attached hydrogens (tertiary/aromatic N) is 1. The van der Waals surface area contributed by atoms with E-state index in [4.69, 9.17) is 23.2 Å². The van der Waals surface area contributed by atoms with Crippen LogP contribution in [0.1, 0.15) is 18.4 Å². The predicted molar refractivity (Wildman–Crippen MR) is 76.5 cm³/mol. The number of carbonyl (C=O) groups excluding carboxylic acids is 2. The molecule has 0 radical (unpaired) electrons. The van der Waals surface area contributed by atoms with Gasteiger partial charge >= 0.3 is 0 Å². The average Bonchev–Trinajstić information content (AvgIpc) is 3.23. The molecule has 1 aliphatic heterocycles. The van der Waals surface area contributed by atoms with Gasteiger partial charge in [0.1, 0.15) is 6.04 Å². The standard InChI is InChI=1S/C14H14Cl2N2O2/c15-10-4-1-8(5-11(10)16)7-18-12(19)6-17-14(20)13(18)9-2-3-9/h1,4-5,9,13H,2-3,6-7H2,(H,17,20). The summed E-state index contributed by atoms with van der Waals surface area (Å²) in [6, 6.07) is 4.94. The van der Waals surface area contributed by atoms with Gasteiger partial charge in [0.05, 0.1) is 16.6 Å². The van der Waals surface area contributed by atoms with E-state index in [-0.39, 0.29) is 24.4 Å². The van der Waals surface area contributed by atoms with E-state index in [1.165, 1.54) is 0 Å². The van der Waals surface area contributed by atoms with Gasteiger partial charge in [0, 0.05) is 6.54 Å². The molecule has 1 aliphatic carbocycles. The highest BCUT2D eigenvalue weighted by Gasteiger charge is 2.44. The van der Waals surface area contributed by atoms with E-state index < -0.39 is 0 Å². The van der Waals surface area contributed by atoms with Gasteiger partial charge in [0.25, 0.3) is 0 Å². The first kappa shape index (κ1) is 13.7. The van der Waals surface area contributed by atoms with Crippen molar-refractivity contribution in [3.05, 3.63) is 33.8 Å². The summed E-state index contributed by atoms with van der Waals surface area (Å²) < 4.78 is 0. The van der Waals surface area contributed by atoms with Gasteiger partial charge in [0.15, 0.2) is 0 Å². The van der Waals surface area contributed by atoms with Gasteiger partial charge in [-0.2, -0.15) is 0 Å². The fraction of sp³-hybridized carbons (Fsp3) is 0.429. The summed E-state index contributed by atoms with van der Waals surface area (Å²) in [5.41, 5.74) is 0.883. The summed E-state index contributed by atoms with van der Waals surface area (Å²) >= 11 is 11.9. The summed E-state index contributed by atoms with van der Waals surface area (Å²) in [7, 11) is 0. The van der Waals surface area contributed by atoms with E-state index in [2.05, 4.69) is 5.32 Å². The second-order valence-corrected chi connectivity index (χ2v) is 6.08. The topological polar surface area (TPSA) is 49.4 Å². The third-order valence-electron chi connectivity index (χ3n) is 3.74. The number of rotatable bonds is 3. The third kappa shape index (κ3) is 2.63. The minimum absolute atomic E-state index is 0.0485. The fourth-order valence-electron chi connectivity index (χ4n) is 2.57. The van der Waals surface area contributed by atoms with Crippen LogP contribution >= 0.6 is 23.2 Å². The van der Waals surface area contributed by atoms with Crippen LogP contribution in [-0.4, -0.2) is 29.3 Å². The lowest BCUT2D eigenvalue weighted by atomic mass is 10.1. The van der Waals surface area contributed by atoms with E-state index in [1.807, 2.05) is 6.07 Å².